The molecular formula is C15H19F3N6O. The molecule has 2 aromatic heterocycles. The zero-order valence-corrected chi connectivity index (χ0v) is 13.9. The fourth-order valence-electron chi connectivity index (χ4n) is 3.00. The van der Waals surface area contributed by atoms with Crippen LogP contribution in [0.4, 0.5) is 19.0 Å². The number of rotatable bonds is 3. The number of likely N-dealkylation sites (tertiary alicyclic amines) is 1. The van der Waals surface area contributed by atoms with Gasteiger partial charge in [-0.05, 0) is 45.2 Å². The number of piperidine rings is 1. The molecule has 7 nitrogen and oxygen atoms in total. The van der Waals surface area contributed by atoms with Gasteiger partial charge in [0, 0.05) is 12.6 Å². The zero-order valence-electron chi connectivity index (χ0n) is 13.9. The van der Waals surface area contributed by atoms with Crippen LogP contribution in [0.25, 0.3) is 5.65 Å². The molecular weight excluding hydrogens is 337 g/mol. The van der Waals surface area contributed by atoms with Crippen molar-refractivity contribution in [1.82, 2.24) is 24.7 Å². The monoisotopic (exact) mass is 356 g/mol. The number of alkyl halides is 3. The fourth-order valence-corrected chi connectivity index (χ4v) is 3.00. The van der Waals surface area contributed by atoms with Crippen molar-refractivity contribution in [2.45, 2.75) is 51.4 Å². The highest BCUT2D eigenvalue weighted by atomic mass is 19.4. The summed E-state index contributed by atoms with van der Waals surface area (Å²) >= 11 is 0. The van der Waals surface area contributed by atoms with Gasteiger partial charge in [-0.3, -0.25) is 4.79 Å². The second kappa shape index (κ2) is 6.49. The molecule has 1 fully saturated rings. The van der Waals surface area contributed by atoms with Crippen LogP contribution >= 0.6 is 0 Å². The van der Waals surface area contributed by atoms with Crippen molar-refractivity contribution in [2.24, 2.45) is 0 Å². The number of anilines is 1. The molecule has 3 rings (SSSR count). The summed E-state index contributed by atoms with van der Waals surface area (Å²) in [5, 5.41) is 13.3. The minimum atomic E-state index is -4.66. The lowest BCUT2D eigenvalue weighted by Gasteiger charge is -2.35. The largest absolute Gasteiger partial charge is 0.453 e. The van der Waals surface area contributed by atoms with Crippen LogP contribution in [0.1, 0.15) is 38.9 Å². The molecule has 0 radical (unpaired) electrons. The number of hydrogen-bond acceptors (Lipinski definition) is 5. The van der Waals surface area contributed by atoms with Crippen molar-refractivity contribution in [3.05, 3.63) is 18.0 Å². The van der Waals surface area contributed by atoms with Gasteiger partial charge >= 0.3 is 6.18 Å². The Balaban J connectivity index is 1.79. The van der Waals surface area contributed by atoms with Crippen molar-refractivity contribution in [2.75, 3.05) is 11.9 Å². The second-order valence-corrected chi connectivity index (χ2v) is 6.25. The molecule has 2 aromatic rings. The van der Waals surface area contributed by atoms with Crippen LogP contribution in [-0.2, 0) is 11.0 Å². The van der Waals surface area contributed by atoms with E-state index in [9.17, 15) is 18.0 Å². The van der Waals surface area contributed by atoms with Gasteiger partial charge in [-0.2, -0.15) is 17.7 Å². The number of carbonyl (C=O) groups is 1. The molecule has 1 saturated heterocycles. The van der Waals surface area contributed by atoms with Gasteiger partial charge in [-0.25, -0.2) is 0 Å². The van der Waals surface area contributed by atoms with Crippen molar-refractivity contribution in [1.29, 1.82) is 0 Å². The normalized spacial score (nSPS) is 19.9. The highest BCUT2D eigenvalue weighted by Crippen LogP contribution is 2.27. The summed E-state index contributed by atoms with van der Waals surface area (Å²) in [6.07, 6.45) is -1.64. The summed E-state index contributed by atoms with van der Waals surface area (Å²) in [6, 6.07) is 2.42. The third kappa shape index (κ3) is 3.52. The Morgan fingerprint density at radius 1 is 1.32 bits per heavy atom. The van der Waals surface area contributed by atoms with E-state index < -0.39 is 18.0 Å². The van der Waals surface area contributed by atoms with Gasteiger partial charge in [0.25, 0.3) is 5.82 Å². The van der Waals surface area contributed by atoms with E-state index in [2.05, 4.69) is 20.6 Å². The topological polar surface area (TPSA) is 75.4 Å². The molecule has 2 unspecified atom stereocenters. The zero-order chi connectivity index (χ0) is 18.2. The number of fused-ring (bicyclic) bond motifs is 1. The smallest absolute Gasteiger partial charge is 0.357 e. The van der Waals surface area contributed by atoms with E-state index in [4.69, 9.17) is 0 Å². The number of nitrogens with one attached hydrogen (secondary N) is 1. The molecule has 10 heteroatoms. The SMILES string of the molecule is CC(Nc1ccc2nnc(C(F)(F)F)n2n1)C(=O)N1CCCCC1C. The standard InChI is InChI=1S/C15H19F3N6O/c1-9-5-3-4-8-23(9)13(25)10(2)19-11-6-7-12-20-21-14(15(16,17)18)24(12)22-11/h6-7,9-10H,3-5,8H2,1-2H3,(H,19,22). The van der Waals surface area contributed by atoms with E-state index in [1.807, 2.05) is 6.92 Å². The quantitative estimate of drug-likeness (QED) is 0.914. The maximum atomic E-state index is 12.9. The van der Waals surface area contributed by atoms with E-state index in [-0.39, 0.29) is 23.4 Å². The molecule has 136 valence electrons. The van der Waals surface area contributed by atoms with Gasteiger partial charge < -0.3 is 10.2 Å². The highest BCUT2D eigenvalue weighted by Gasteiger charge is 2.37. The molecule has 1 N–H and O–H groups in total. The molecule has 0 saturated carbocycles. The Kier molecular flexibility index (Phi) is 4.53. The Morgan fingerprint density at radius 2 is 2.08 bits per heavy atom. The predicted molar refractivity (Wildman–Crippen MR) is 83.9 cm³/mol. The van der Waals surface area contributed by atoms with Gasteiger partial charge in [0.15, 0.2) is 5.65 Å². The number of hydrogen-bond donors (Lipinski definition) is 1. The van der Waals surface area contributed by atoms with Crippen molar-refractivity contribution in [3.63, 3.8) is 0 Å². The predicted octanol–water partition coefficient (Wildman–Crippen LogP) is 2.34. The summed E-state index contributed by atoms with van der Waals surface area (Å²) < 4.78 is 39.4. The van der Waals surface area contributed by atoms with Crippen molar-refractivity contribution >= 4 is 17.4 Å². The molecule has 0 bridgehead atoms. The summed E-state index contributed by atoms with van der Waals surface area (Å²) in [4.78, 5) is 14.4. The lowest BCUT2D eigenvalue weighted by atomic mass is 10.0. The second-order valence-electron chi connectivity index (χ2n) is 6.25. The number of halogens is 3. The maximum absolute atomic E-state index is 12.9. The first-order chi connectivity index (χ1) is 11.8. The van der Waals surface area contributed by atoms with Crippen LogP contribution in [-0.4, -0.2) is 49.2 Å². The number of aromatic nitrogens is 4. The molecule has 25 heavy (non-hydrogen) atoms. The van der Waals surface area contributed by atoms with Crippen LogP contribution in [0.3, 0.4) is 0 Å². The van der Waals surface area contributed by atoms with Crippen molar-refractivity contribution < 1.29 is 18.0 Å². The van der Waals surface area contributed by atoms with Crippen LogP contribution in [0.2, 0.25) is 0 Å². The number of carbonyl (C=O) groups excluding carboxylic acids is 1. The molecule has 0 aromatic carbocycles. The van der Waals surface area contributed by atoms with Crippen LogP contribution in [0, 0.1) is 0 Å². The first-order valence-corrected chi connectivity index (χ1v) is 8.14. The average molecular weight is 356 g/mol. The summed E-state index contributed by atoms with van der Waals surface area (Å²) in [6.45, 7) is 4.37. The van der Waals surface area contributed by atoms with Gasteiger partial charge in [0.1, 0.15) is 11.9 Å². The number of nitrogens with zero attached hydrogens (tertiary/aromatic N) is 5. The van der Waals surface area contributed by atoms with Gasteiger partial charge in [-0.15, -0.1) is 15.3 Å². The van der Waals surface area contributed by atoms with Crippen LogP contribution in [0.5, 0.6) is 0 Å². The Hall–Kier alpha value is -2.39. The Morgan fingerprint density at radius 3 is 2.76 bits per heavy atom. The van der Waals surface area contributed by atoms with E-state index in [0.717, 1.165) is 19.3 Å². The first-order valence-electron chi connectivity index (χ1n) is 8.14. The van der Waals surface area contributed by atoms with Gasteiger partial charge in [-0.1, -0.05) is 0 Å². The minimum absolute atomic E-state index is 0.0125. The third-order valence-electron chi connectivity index (χ3n) is 4.34. The lowest BCUT2D eigenvalue weighted by molar-refractivity contribution is -0.146. The Labute approximate surface area is 142 Å². The van der Waals surface area contributed by atoms with E-state index >= 15 is 0 Å². The molecule has 0 aliphatic carbocycles. The van der Waals surface area contributed by atoms with E-state index in [1.165, 1.54) is 12.1 Å². The molecule has 1 aliphatic heterocycles. The van der Waals surface area contributed by atoms with Crippen LogP contribution in [0.15, 0.2) is 12.1 Å². The minimum Gasteiger partial charge on any atom is -0.357 e. The number of amides is 1. The van der Waals surface area contributed by atoms with Crippen LogP contribution < -0.4 is 5.32 Å². The van der Waals surface area contributed by atoms with Crippen molar-refractivity contribution in [3.8, 4) is 0 Å². The fraction of sp³-hybridized carbons (Fsp3) is 0.600. The summed E-state index contributed by atoms with van der Waals surface area (Å²) in [7, 11) is 0. The summed E-state index contributed by atoms with van der Waals surface area (Å²) in [5.41, 5.74) is -0.0125. The highest BCUT2D eigenvalue weighted by molar-refractivity contribution is 5.84. The van der Waals surface area contributed by atoms with Gasteiger partial charge in [0.2, 0.25) is 5.91 Å². The molecule has 2 atom stereocenters. The van der Waals surface area contributed by atoms with E-state index in [0.29, 0.717) is 11.1 Å². The molecule has 1 amide bonds. The lowest BCUT2D eigenvalue weighted by Crippen LogP contribution is -2.48. The molecule has 3 heterocycles. The third-order valence-corrected chi connectivity index (χ3v) is 4.34. The molecule has 0 spiro atoms. The average Bonchev–Trinajstić information content (AvgIpc) is 2.98. The summed E-state index contributed by atoms with van der Waals surface area (Å²) in [5.74, 6) is -1.13. The maximum Gasteiger partial charge on any atom is 0.453 e. The first kappa shape index (κ1) is 17.4. The van der Waals surface area contributed by atoms with E-state index in [1.54, 1.807) is 11.8 Å². The molecule has 1 aliphatic rings. The Bertz CT molecular complexity index is 774. The van der Waals surface area contributed by atoms with Gasteiger partial charge in [0.05, 0.1) is 0 Å².